The van der Waals surface area contributed by atoms with E-state index in [1.165, 1.54) is 31.6 Å². The maximum absolute atomic E-state index is 10.9. The summed E-state index contributed by atoms with van der Waals surface area (Å²) >= 11 is 0. The second-order valence-electron chi connectivity index (χ2n) is 3.71. The van der Waals surface area contributed by atoms with E-state index in [-0.39, 0.29) is 5.97 Å². The van der Waals surface area contributed by atoms with Gasteiger partial charge in [-0.3, -0.25) is 0 Å². The number of hydrogen-bond donors (Lipinski definition) is 0. The smallest absolute Gasteiger partial charge is 0.330 e. The van der Waals surface area contributed by atoms with E-state index >= 15 is 0 Å². The molecule has 16 heavy (non-hydrogen) atoms. The fraction of sp³-hybridized carbons (Fsp3) is 0.357. The Balaban J connectivity index is 2.66. The number of ether oxygens (including phenoxy) is 1. The minimum Gasteiger partial charge on any atom is -0.466 e. The van der Waals surface area contributed by atoms with E-state index in [1.54, 1.807) is 6.08 Å². The molecule has 0 heterocycles. The Hall–Kier alpha value is -1.57. The van der Waals surface area contributed by atoms with Gasteiger partial charge >= 0.3 is 5.97 Å². The molecule has 0 aliphatic carbocycles. The third-order valence-corrected chi connectivity index (χ3v) is 2.38. The van der Waals surface area contributed by atoms with E-state index < -0.39 is 0 Å². The van der Waals surface area contributed by atoms with Crippen molar-refractivity contribution in [2.75, 3.05) is 7.11 Å². The number of unbranched alkanes of at least 4 members (excludes halogenated alkanes) is 1. The highest BCUT2D eigenvalue weighted by Crippen LogP contribution is 2.10. The Bertz CT molecular complexity index is 367. The van der Waals surface area contributed by atoms with Crippen molar-refractivity contribution in [3.05, 3.63) is 41.5 Å². The Kier molecular flexibility index (Phi) is 5.34. The van der Waals surface area contributed by atoms with Gasteiger partial charge in [-0.25, -0.2) is 4.79 Å². The molecular weight excluding hydrogens is 200 g/mol. The van der Waals surface area contributed by atoms with E-state index in [0.717, 1.165) is 12.0 Å². The van der Waals surface area contributed by atoms with Gasteiger partial charge in [-0.05, 0) is 30.0 Å². The average Bonchev–Trinajstić information content (AvgIpc) is 2.34. The highest BCUT2D eigenvalue weighted by molar-refractivity contribution is 5.86. The van der Waals surface area contributed by atoms with E-state index in [2.05, 4.69) is 23.8 Å². The summed E-state index contributed by atoms with van der Waals surface area (Å²) in [6.07, 6.45) is 6.71. The summed E-state index contributed by atoms with van der Waals surface area (Å²) < 4.78 is 4.54. The lowest BCUT2D eigenvalue weighted by atomic mass is 10.1. The fourth-order valence-corrected chi connectivity index (χ4v) is 1.47. The first-order valence-electron chi connectivity index (χ1n) is 5.61. The molecule has 0 amide bonds. The van der Waals surface area contributed by atoms with Gasteiger partial charge in [-0.15, -0.1) is 0 Å². The van der Waals surface area contributed by atoms with Crippen LogP contribution in [-0.2, 0) is 16.0 Å². The second kappa shape index (κ2) is 6.83. The lowest BCUT2D eigenvalue weighted by Crippen LogP contribution is -1.93. The van der Waals surface area contributed by atoms with E-state index in [4.69, 9.17) is 0 Å². The molecule has 1 rings (SSSR count). The van der Waals surface area contributed by atoms with Crippen molar-refractivity contribution in [3.63, 3.8) is 0 Å². The van der Waals surface area contributed by atoms with E-state index in [1.807, 2.05) is 12.1 Å². The zero-order valence-corrected chi connectivity index (χ0v) is 9.90. The lowest BCUT2D eigenvalue weighted by Gasteiger charge is -2.01. The molecule has 1 aromatic rings. The van der Waals surface area contributed by atoms with Gasteiger partial charge < -0.3 is 4.74 Å². The predicted octanol–water partition coefficient (Wildman–Crippen LogP) is 3.22. The minimum absolute atomic E-state index is 0.320. The number of carbonyl (C=O) groups excluding carboxylic acids is 1. The molecular formula is C14H18O2. The first kappa shape index (κ1) is 12.5. The molecule has 0 bridgehead atoms. The summed E-state index contributed by atoms with van der Waals surface area (Å²) in [7, 11) is 1.38. The van der Waals surface area contributed by atoms with Gasteiger partial charge in [0.25, 0.3) is 0 Å². The molecule has 0 radical (unpaired) electrons. The van der Waals surface area contributed by atoms with Gasteiger partial charge in [0.15, 0.2) is 0 Å². The number of methoxy groups -OCH3 is 1. The number of esters is 1. The molecule has 0 aliphatic heterocycles. The van der Waals surface area contributed by atoms with Crippen molar-refractivity contribution in [2.24, 2.45) is 0 Å². The van der Waals surface area contributed by atoms with Crippen molar-refractivity contribution in [3.8, 4) is 0 Å². The summed E-state index contributed by atoms with van der Waals surface area (Å²) in [5.74, 6) is -0.320. The van der Waals surface area contributed by atoms with Gasteiger partial charge in [0, 0.05) is 6.08 Å². The molecule has 0 spiro atoms. The Morgan fingerprint density at radius 2 is 2.25 bits per heavy atom. The van der Waals surface area contributed by atoms with Gasteiger partial charge in [0.05, 0.1) is 7.11 Å². The summed E-state index contributed by atoms with van der Waals surface area (Å²) in [5.41, 5.74) is 2.35. The molecule has 0 aliphatic rings. The first-order valence-corrected chi connectivity index (χ1v) is 5.61. The van der Waals surface area contributed by atoms with Crippen LogP contribution in [0.3, 0.4) is 0 Å². The largest absolute Gasteiger partial charge is 0.466 e. The normalized spacial score (nSPS) is 10.6. The molecule has 0 N–H and O–H groups in total. The van der Waals surface area contributed by atoms with Crippen LogP contribution in [0.2, 0.25) is 0 Å². The van der Waals surface area contributed by atoms with E-state index in [9.17, 15) is 4.79 Å². The molecule has 0 saturated heterocycles. The van der Waals surface area contributed by atoms with Crippen molar-refractivity contribution >= 4 is 12.0 Å². The molecule has 0 aromatic heterocycles. The summed E-state index contributed by atoms with van der Waals surface area (Å²) in [5, 5.41) is 0. The average molecular weight is 218 g/mol. The molecule has 0 fully saturated rings. The molecule has 2 heteroatoms. The Morgan fingerprint density at radius 3 is 2.94 bits per heavy atom. The minimum atomic E-state index is -0.320. The van der Waals surface area contributed by atoms with E-state index in [0.29, 0.717) is 0 Å². The number of rotatable bonds is 5. The molecule has 0 atom stereocenters. The van der Waals surface area contributed by atoms with Crippen molar-refractivity contribution in [2.45, 2.75) is 26.2 Å². The van der Waals surface area contributed by atoms with Crippen LogP contribution < -0.4 is 0 Å². The van der Waals surface area contributed by atoms with Crippen LogP contribution in [0.5, 0.6) is 0 Å². The van der Waals surface area contributed by atoms with Crippen LogP contribution >= 0.6 is 0 Å². The van der Waals surface area contributed by atoms with Crippen LogP contribution in [0.15, 0.2) is 30.3 Å². The molecule has 2 nitrogen and oxygen atoms in total. The number of aryl methyl sites for hydroxylation is 1. The van der Waals surface area contributed by atoms with Crippen molar-refractivity contribution in [1.29, 1.82) is 0 Å². The zero-order valence-electron chi connectivity index (χ0n) is 9.90. The molecule has 0 unspecified atom stereocenters. The van der Waals surface area contributed by atoms with Crippen LogP contribution in [-0.4, -0.2) is 13.1 Å². The van der Waals surface area contributed by atoms with Crippen LogP contribution in [0.1, 0.15) is 30.9 Å². The van der Waals surface area contributed by atoms with Crippen molar-refractivity contribution in [1.82, 2.24) is 0 Å². The monoisotopic (exact) mass is 218 g/mol. The van der Waals surface area contributed by atoms with Crippen LogP contribution in [0, 0.1) is 0 Å². The summed E-state index contributed by atoms with van der Waals surface area (Å²) in [6.45, 7) is 2.18. The van der Waals surface area contributed by atoms with Gasteiger partial charge in [0.2, 0.25) is 0 Å². The fourth-order valence-electron chi connectivity index (χ4n) is 1.47. The topological polar surface area (TPSA) is 26.3 Å². The maximum atomic E-state index is 10.9. The molecule has 86 valence electrons. The highest BCUT2D eigenvalue weighted by atomic mass is 16.5. The number of benzene rings is 1. The second-order valence-corrected chi connectivity index (χ2v) is 3.71. The Morgan fingerprint density at radius 1 is 1.44 bits per heavy atom. The summed E-state index contributed by atoms with van der Waals surface area (Å²) in [6, 6.07) is 8.22. The predicted molar refractivity (Wildman–Crippen MR) is 66.1 cm³/mol. The standard InChI is InChI=1S/C14H18O2/c1-3-4-6-12-7-5-8-13(11-12)9-10-14(15)16-2/h5,7-11H,3-4,6H2,1-2H3. The maximum Gasteiger partial charge on any atom is 0.330 e. The number of carbonyl (C=O) groups is 1. The molecule has 1 aromatic carbocycles. The lowest BCUT2D eigenvalue weighted by molar-refractivity contribution is -0.134. The third-order valence-electron chi connectivity index (χ3n) is 2.38. The van der Waals surface area contributed by atoms with Crippen LogP contribution in [0.25, 0.3) is 6.08 Å². The molecule has 0 saturated carbocycles. The van der Waals surface area contributed by atoms with Gasteiger partial charge in [0.1, 0.15) is 0 Å². The summed E-state index contributed by atoms with van der Waals surface area (Å²) in [4.78, 5) is 10.9. The Labute approximate surface area is 96.9 Å². The van der Waals surface area contributed by atoms with Gasteiger partial charge in [-0.1, -0.05) is 37.6 Å². The van der Waals surface area contributed by atoms with Gasteiger partial charge in [-0.2, -0.15) is 0 Å². The number of hydrogen-bond acceptors (Lipinski definition) is 2. The van der Waals surface area contributed by atoms with Crippen LogP contribution in [0.4, 0.5) is 0 Å². The third kappa shape index (κ3) is 4.30. The van der Waals surface area contributed by atoms with Crippen molar-refractivity contribution < 1.29 is 9.53 Å². The quantitative estimate of drug-likeness (QED) is 0.560. The highest BCUT2D eigenvalue weighted by Gasteiger charge is 1.95. The SMILES string of the molecule is CCCCc1cccc(C=CC(=O)OC)c1. The first-order chi connectivity index (χ1) is 7.76. The zero-order chi connectivity index (χ0) is 11.8.